The fourth-order valence-electron chi connectivity index (χ4n) is 2.60. The second-order valence-electron chi connectivity index (χ2n) is 5.37. The predicted octanol–water partition coefficient (Wildman–Crippen LogP) is 2.41. The van der Waals surface area contributed by atoms with E-state index in [1.165, 1.54) is 16.4 Å². The van der Waals surface area contributed by atoms with Crippen LogP contribution in [0.25, 0.3) is 0 Å². The standard InChI is InChI=1S/C15H21ClN2O3S/c1-2-11-18(14-5-3-4-10-17-15(14)19)22(20,21)13-8-6-12(16)7-9-13/h6-9,14H,2-5,10-11H2,1H3,(H,17,19)/t14-/m1/s1. The zero-order chi connectivity index (χ0) is 16.2. The highest BCUT2D eigenvalue weighted by atomic mass is 35.5. The van der Waals surface area contributed by atoms with Crippen LogP contribution in [0.5, 0.6) is 0 Å². The molecule has 0 spiro atoms. The molecule has 1 aromatic carbocycles. The summed E-state index contributed by atoms with van der Waals surface area (Å²) in [5.41, 5.74) is 0. The van der Waals surface area contributed by atoms with E-state index in [4.69, 9.17) is 11.6 Å². The fourth-order valence-corrected chi connectivity index (χ4v) is 4.44. The molecule has 1 aliphatic heterocycles. The SMILES string of the molecule is CCCN([C@@H]1CCCCNC1=O)S(=O)(=O)c1ccc(Cl)cc1. The van der Waals surface area contributed by atoms with Gasteiger partial charge in [0.05, 0.1) is 4.90 Å². The van der Waals surface area contributed by atoms with E-state index in [-0.39, 0.29) is 10.8 Å². The van der Waals surface area contributed by atoms with Crippen molar-refractivity contribution in [1.82, 2.24) is 9.62 Å². The van der Waals surface area contributed by atoms with Gasteiger partial charge in [0.25, 0.3) is 0 Å². The third-order valence-corrected chi connectivity index (χ3v) is 5.89. The number of carbonyl (C=O) groups is 1. The summed E-state index contributed by atoms with van der Waals surface area (Å²) in [5.74, 6) is -0.205. The zero-order valence-corrected chi connectivity index (χ0v) is 14.2. The van der Waals surface area contributed by atoms with Crippen LogP contribution in [0.2, 0.25) is 5.02 Å². The maximum absolute atomic E-state index is 12.9. The second kappa shape index (κ2) is 7.44. The molecule has 2 rings (SSSR count). The molecule has 0 saturated carbocycles. The first-order chi connectivity index (χ1) is 10.5. The van der Waals surface area contributed by atoms with Crippen molar-refractivity contribution in [1.29, 1.82) is 0 Å². The maximum Gasteiger partial charge on any atom is 0.243 e. The van der Waals surface area contributed by atoms with Gasteiger partial charge in [-0.1, -0.05) is 18.5 Å². The Morgan fingerprint density at radius 2 is 1.95 bits per heavy atom. The average molecular weight is 345 g/mol. The van der Waals surface area contributed by atoms with Crippen molar-refractivity contribution in [3.63, 3.8) is 0 Å². The van der Waals surface area contributed by atoms with Crippen LogP contribution >= 0.6 is 11.6 Å². The lowest BCUT2D eigenvalue weighted by molar-refractivity contribution is -0.124. The molecule has 1 saturated heterocycles. The maximum atomic E-state index is 12.9. The molecule has 1 fully saturated rings. The summed E-state index contributed by atoms with van der Waals surface area (Å²) in [5, 5.41) is 3.28. The Labute approximate surface area is 136 Å². The molecule has 1 atom stereocenters. The van der Waals surface area contributed by atoms with Gasteiger partial charge in [-0.05, 0) is 49.9 Å². The van der Waals surface area contributed by atoms with Crippen LogP contribution in [0, 0.1) is 0 Å². The molecule has 0 radical (unpaired) electrons. The van der Waals surface area contributed by atoms with Crippen molar-refractivity contribution in [3.8, 4) is 0 Å². The number of nitrogens with zero attached hydrogens (tertiary/aromatic N) is 1. The highest BCUT2D eigenvalue weighted by Crippen LogP contribution is 2.23. The molecular weight excluding hydrogens is 324 g/mol. The molecule has 0 bridgehead atoms. The minimum atomic E-state index is -3.71. The first kappa shape index (κ1) is 17.2. The smallest absolute Gasteiger partial charge is 0.243 e. The van der Waals surface area contributed by atoms with E-state index in [2.05, 4.69) is 5.32 Å². The molecule has 0 unspecified atom stereocenters. The average Bonchev–Trinajstić information content (AvgIpc) is 2.70. The van der Waals surface area contributed by atoms with E-state index in [1.54, 1.807) is 12.1 Å². The van der Waals surface area contributed by atoms with E-state index >= 15 is 0 Å². The highest BCUT2D eigenvalue weighted by molar-refractivity contribution is 7.89. The Kier molecular flexibility index (Phi) is 5.83. The number of sulfonamides is 1. The number of halogens is 1. The number of hydrogen-bond acceptors (Lipinski definition) is 3. The zero-order valence-electron chi connectivity index (χ0n) is 12.6. The van der Waals surface area contributed by atoms with Gasteiger partial charge in [-0.2, -0.15) is 4.31 Å². The largest absolute Gasteiger partial charge is 0.355 e. The van der Waals surface area contributed by atoms with E-state index in [1.807, 2.05) is 6.92 Å². The molecule has 22 heavy (non-hydrogen) atoms. The molecule has 1 aliphatic rings. The molecule has 122 valence electrons. The van der Waals surface area contributed by atoms with Gasteiger partial charge in [0.2, 0.25) is 15.9 Å². The third-order valence-electron chi connectivity index (χ3n) is 3.72. The Morgan fingerprint density at radius 3 is 2.59 bits per heavy atom. The van der Waals surface area contributed by atoms with E-state index in [0.29, 0.717) is 31.0 Å². The van der Waals surface area contributed by atoms with E-state index < -0.39 is 16.1 Å². The molecule has 1 amide bonds. The van der Waals surface area contributed by atoms with Gasteiger partial charge in [0, 0.05) is 18.1 Å². The summed E-state index contributed by atoms with van der Waals surface area (Å²) in [6.45, 7) is 2.83. The Bertz CT molecular complexity index is 616. The molecule has 1 heterocycles. The van der Waals surface area contributed by atoms with Crippen LogP contribution in [0.1, 0.15) is 32.6 Å². The molecule has 0 aromatic heterocycles. The number of carbonyl (C=O) groups excluding carboxylic acids is 1. The first-order valence-electron chi connectivity index (χ1n) is 7.52. The highest BCUT2D eigenvalue weighted by Gasteiger charge is 2.35. The summed E-state index contributed by atoms with van der Waals surface area (Å²) in [6, 6.07) is 5.42. The van der Waals surface area contributed by atoms with Crippen molar-refractivity contribution in [2.45, 2.75) is 43.5 Å². The Morgan fingerprint density at radius 1 is 1.27 bits per heavy atom. The van der Waals surface area contributed by atoms with E-state index in [9.17, 15) is 13.2 Å². The van der Waals surface area contributed by atoms with Crippen molar-refractivity contribution in [2.75, 3.05) is 13.1 Å². The normalized spacial score (nSPS) is 19.8. The topological polar surface area (TPSA) is 66.5 Å². The summed E-state index contributed by atoms with van der Waals surface area (Å²) in [7, 11) is -3.71. The predicted molar refractivity (Wildman–Crippen MR) is 86.3 cm³/mol. The van der Waals surface area contributed by atoms with Crippen LogP contribution in [-0.2, 0) is 14.8 Å². The van der Waals surface area contributed by atoms with E-state index in [0.717, 1.165) is 12.8 Å². The Balaban J connectivity index is 2.36. The van der Waals surface area contributed by atoms with Crippen LogP contribution in [-0.4, -0.2) is 37.8 Å². The van der Waals surface area contributed by atoms with Gasteiger partial charge in [0.1, 0.15) is 6.04 Å². The third kappa shape index (κ3) is 3.80. The number of rotatable bonds is 5. The summed E-state index contributed by atoms with van der Waals surface area (Å²) in [6.07, 6.45) is 2.91. The molecule has 5 nitrogen and oxygen atoms in total. The summed E-state index contributed by atoms with van der Waals surface area (Å²) < 4.78 is 27.1. The van der Waals surface area contributed by atoms with Crippen molar-refractivity contribution >= 4 is 27.5 Å². The summed E-state index contributed by atoms with van der Waals surface area (Å²) >= 11 is 5.82. The molecule has 7 heteroatoms. The second-order valence-corrected chi connectivity index (χ2v) is 7.70. The van der Waals surface area contributed by atoms with Gasteiger partial charge in [-0.3, -0.25) is 4.79 Å². The van der Waals surface area contributed by atoms with Crippen molar-refractivity contribution in [3.05, 3.63) is 29.3 Å². The van der Waals surface area contributed by atoms with Gasteiger partial charge in [0.15, 0.2) is 0 Å². The summed E-state index contributed by atoms with van der Waals surface area (Å²) in [4.78, 5) is 12.4. The quantitative estimate of drug-likeness (QED) is 0.892. The number of nitrogens with one attached hydrogen (secondary N) is 1. The first-order valence-corrected chi connectivity index (χ1v) is 9.33. The lowest BCUT2D eigenvalue weighted by atomic mass is 10.1. The lowest BCUT2D eigenvalue weighted by Crippen LogP contribution is -2.48. The number of hydrogen-bond donors (Lipinski definition) is 1. The molecular formula is C15H21ClN2O3S. The Hall–Kier alpha value is -1.11. The van der Waals surface area contributed by atoms with Crippen molar-refractivity contribution < 1.29 is 13.2 Å². The minimum Gasteiger partial charge on any atom is -0.355 e. The lowest BCUT2D eigenvalue weighted by Gasteiger charge is -2.28. The van der Waals surface area contributed by atoms with Crippen LogP contribution in [0.15, 0.2) is 29.2 Å². The molecule has 1 N–H and O–H groups in total. The fraction of sp³-hybridized carbons (Fsp3) is 0.533. The minimum absolute atomic E-state index is 0.169. The van der Waals surface area contributed by atoms with Gasteiger partial charge in [-0.25, -0.2) is 8.42 Å². The van der Waals surface area contributed by atoms with Gasteiger partial charge < -0.3 is 5.32 Å². The monoisotopic (exact) mass is 344 g/mol. The van der Waals surface area contributed by atoms with Gasteiger partial charge >= 0.3 is 0 Å². The van der Waals surface area contributed by atoms with Crippen LogP contribution in [0.3, 0.4) is 0 Å². The van der Waals surface area contributed by atoms with Crippen molar-refractivity contribution in [2.24, 2.45) is 0 Å². The van der Waals surface area contributed by atoms with Crippen LogP contribution in [0.4, 0.5) is 0 Å². The van der Waals surface area contributed by atoms with Gasteiger partial charge in [-0.15, -0.1) is 0 Å². The molecule has 0 aliphatic carbocycles. The molecule has 1 aromatic rings. The number of amides is 1. The number of benzene rings is 1. The van der Waals surface area contributed by atoms with Crippen LogP contribution < -0.4 is 5.32 Å².